The van der Waals surface area contributed by atoms with E-state index in [1.54, 1.807) is 12.3 Å². The van der Waals surface area contributed by atoms with Crippen molar-refractivity contribution in [1.82, 2.24) is 9.55 Å². The molecule has 0 saturated carbocycles. The Morgan fingerprint density at radius 3 is 2.89 bits per heavy atom. The summed E-state index contributed by atoms with van der Waals surface area (Å²) >= 11 is 0. The van der Waals surface area contributed by atoms with Gasteiger partial charge in [0, 0.05) is 35.9 Å². The van der Waals surface area contributed by atoms with Gasteiger partial charge in [-0.25, -0.2) is 0 Å². The highest BCUT2D eigenvalue weighted by atomic mass is 14.9. The van der Waals surface area contributed by atoms with Crippen molar-refractivity contribution in [2.45, 2.75) is 0 Å². The van der Waals surface area contributed by atoms with E-state index in [0.29, 0.717) is 16.9 Å². The van der Waals surface area contributed by atoms with Gasteiger partial charge in [0.15, 0.2) is 0 Å². The molecule has 0 aliphatic carbocycles. The molecule has 0 atom stereocenters. The quantitative estimate of drug-likeness (QED) is 0.720. The Morgan fingerprint density at radius 2 is 2.11 bits per heavy atom. The lowest BCUT2D eigenvalue weighted by atomic mass is 10.0. The molecular formula is C15H12N4. The molecule has 0 radical (unpaired) electrons. The van der Waals surface area contributed by atoms with E-state index in [-0.39, 0.29) is 0 Å². The lowest BCUT2D eigenvalue weighted by Gasteiger charge is -2.06. The summed E-state index contributed by atoms with van der Waals surface area (Å²) in [5.74, 6) is 0. The molecule has 0 fully saturated rings. The second kappa shape index (κ2) is 4.14. The van der Waals surface area contributed by atoms with Crippen LogP contribution in [-0.4, -0.2) is 9.55 Å². The van der Waals surface area contributed by atoms with Crippen LogP contribution in [0.2, 0.25) is 0 Å². The number of nitriles is 1. The van der Waals surface area contributed by atoms with Crippen molar-refractivity contribution < 1.29 is 0 Å². The van der Waals surface area contributed by atoms with Gasteiger partial charge in [0.25, 0.3) is 0 Å². The van der Waals surface area contributed by atoms with Crippen LogP contribution >= 0.6 is 0 Å². The first-order valence-corrected chi connectivity index (χ1v) is 5.91. The van der Waals surface area contributed by atoms with E-state index >= 15 is 0 Å². The Labute approximate surface area is 110 Å². The highest BCUT2D eigenvalue weighted by Gasteiger charge is 2.10. The molecule has 3 rings (SSSR count). The van der Waals surface area contributed by atoms with E-state index < -0.39 is 0 Å². The summed E-state index contributed by atoms with van der Waals surface area (Å²) in [6, 6.07) is 11.8. The van der Waals surface area contributed by atoms with Gasteiger partial charge in [-0.05, 0) is 24.3 Å². The van der Waals surface area contributed by atoms with Crippen molar-refractivity contribution in [3.8, 4) is 17.3 Å². The molecule has 0 unspecified atom stereocenters. The Bertz CT molecular complexity index is 809. The predicted octanol–water partition coefficient (Wildman–Crippen LogP) is 2.69. The lowest BCUT2D eigenvalue weighted by Crippen LogP contribution is -1.96. The average Bonchev–Trinajstić information content (AvgIpc) is 2.79. The Kier molecular flexibility index (Phi) is 2.46. The molecule has 92 valence electrons. The fourth-order valence-electron chi connectivity index (χ4n) is 2.24. The van der Waals surface area contributed by atoms with Gasteiger partial charge >= 0.3 is 0 Å². The van der Waals surface area contributed by atoms with Crippen LogP contribution in [0, 0.1) is 11.3 Å². The van der Waals surface area contributed by atoms with Crippen LogP contribution in [0.15, 0.2) is 42.7 Å². The number of benzene rings is 1. The largest absolute Gasteiger partial charge is 0.398 e. The molecule has 2 aromatic heterocycles. The van der Waals surface area contributed by atoms with Gasteiger partial charge < -0.3 is 10.3 Å². The molecule has 2 heterocycles. The summed E-state index contributed by atoms with van der Waals surface area (Å²) in [6.07, 6.45) is 3.63. The number of hydrogen-bond acceptors (Lipinski definition) is 3. The minimum Gasteiger partial charge on any atom is -0.398 e. The molecule has 1 aromatic carbocycles. The number of fused-ring (bicyclic) bond motifs is 1. The van der Waals surface area contributed by atoms with E-state index in [0.717, 1.165) is 16.5 Å². The minimum atomic E-state index is 0.429. The molecule has 0 amide bonds. The molecule has 0 bridgehead atoms. The third-order valence-corrected chi connectivity index (χ3v) is 3.25. The molecule has 0 saturated heterocycles. The van der Waals surface area contributed by atoms with Gasteiger partial charge in [0.05, 0.1) is 11.4 Å². The SMILES string of the molecule is Cn1ccc2cc(-c3nccc(N)c3C#N)ccc21. The molecule has 2 N–H and O–H groups in total. The fraction of sp³-hybridized carbons (Fsp3) is 0.0667. The molecule has 4 nitrogen and oxygen atoms in total. The van der Waals surface area contributed by atoms with E-state index in [1.807, 2.05) is 37.5 Å². The van der Waals surface area contributed by atoms with Gasteiger partial charge in [-0.1, -0.05) is 6.07 Å². The number of nitrogen functional groups attached to an aromatic ring is 1. The van der Waals surface area contributed by atoms with Crippen molar-refractivity contribution in [1.29, 1.82) is 5.26 Å². The third-order valence-electron chi connectivity index (χ3n) is 3.25. The van der Waals surface area contributed by atoms with E-state index in [2.05, 4.69) is 15.6 Å². The van der Waals surface area contributed by atoms with Crippen LogP contribution < -0.4 is 5.73 Å². The number of anilines is 1. The maximum Gasteiger partial charge on any atom is 0.104 e. The Hall–Kier alpha value is -2.80. The molecule has 19 heavy (non-hydrogen) atoms. The highest BCUT2D eigenvalue weighted by molar-refractivity contribution is 5.86. The van der Waals surface area contributed by atoms with Gasteiger partial charge in [0.2, 0.25) is 0 Å². The van der Waals surface area contributed by atoms with E-state index in [4.69, 9.17) is 5.73 Å². The standard InChI is InChI=1S/C15H12N4/c1-19-7-5-10-8-11(2-3-14(10)19)15-12(9-16)13(17)4-6-18-15/h2-8H,1H3,(H2,17,18). The molecule has 0 spiro atoms. The van der Waals surface area contributed by atoms with Gasteiger partial charge in [-0.2, -0.15) is 5.26 Å². The van der Waals surface area contributed by atoms with E-state index in [9.17, 15) is 5.26 Å². The number of aryl methyl sites for hydroxylation is 1. The maximum atomic E-state index is 9.20. The van der Waals surface area contributed by atoms with Crippen LogP contribution in [-0.2, 0) is 7.05 Å². The first-order valence-electron chi connectivity index (χ1n) is 5.91. The van der Waals surface area contributed by atoms with Crippen LogP contribution in [0.25, 0.3) is 22.2 Å². The van der Waals surface area contributed by atoms with Crippen molar-refractivity contribution in [3.05, 3.63) is 48.3 Å². The third kappa shape index (κ3) is 1.72. The summed E-state index contributed by atoms with van der Waals surface area (Å²) in [7, 11) is 2.00. The van der Waals surface area contributed by atoms with Crippen LogP contribution in [0.5, 0.6) is 0 Å². The minimum absolute atomic E-state index is 0.429. The number of aromatic nitrogens is 2. The highest BCUT2D eigenvalue weighted by Crippen LogP contribution is 2.27. The number of nitrogens with zero attached hydrogens (tertiary/aromatic N) is 3. The number of rotatable bonds is 1. The summed E-state index contributed by atoms with van der Waals surface area (Å²) in [4.78, 5) is 4.28. The van der Waals surface area contributed by atoms with Crippen molar-refractivity contribution >= 4 is 16.6 Å². The second-order valence-electron chi connectivity index (χ2n) is 4.44. The number of nitrogens with two attached hydrogens (primary N) is 1. The first-order chi connectivity index (χ1) is 9.20. The van der Waals surface area contributed by atoms with Crippen LogP contribution in [0.1, 0.15) is 5.56 Å². The van der Waals surface area contributed by atoms with Crippen molar-refractivity contribution in [2.24, 2.45) is 7.05 Å². The predicted molar refractivity (Wildman–Crippen MR) is 75.3 cm³/mol. The molecule has 0 aliphatic heterocycles. The van der Waals surface area contributed by atoms with Gasteiger partial charge in [-0.3, -0.25) is 4.98 Å². The smallest absolute Gasteiger partial charge is 0.104 e. The zero-order valence-corrected chi connectivity index (χ0v) is 10.5. The van der Waals surface area contributed by atoms with Crippen LogP contribution in [0.3, 0.4) is 0 Å². The normalized spacial score (nSPS) is 10.5. The summed E-state index contributed by atoms with van der Waals surface area (Å²) in [5.41, 5.74) is 9.39. The maximum absolute atomic E-state index is 9.20. The van der Waals surface area contributed by atoms with Crippen molar-refractivity contribution in [3.63, 3.8) is 0 Å². The topological polar surface area (TPSA) is 67.6 Å². The number of hydrogen-bond donors (Lipinski definition) is 1. The van der Waals surface area contributed by atoms with Crippen LogP contribution in [0.4, 0.5) is 5.69 Å². The first kappa shape index (κ1) is 11.3. The zero-order valence-electron chi connectivity index (χ0n) is 10.5. The Balaban J connectivity index is 2.25. The molecular weight excluding hydrogens is 236 g/mol. The zero-order chi connectivity index (χ0) is 13.4. The Morgan fingerprint density at radius 1 is 1.26 bits per heavy atom. The monoisotopic (exact) mass is 248 g/mol. The molecule has 3 aromatic rings. The fourth-order valence-corrected chi connectivity index (χ4v) is 2.24. The van der Waals surface area contributed by atoms with E-state index in [1.165, 1.54) is 0 Å². The number of pyridine rings is 1. The van der Waals surface area contributed by atoms with Gasteiger partial charge in [-0.15, -0.1) is 0 Å². The average molecular weight is 248 g/mol. The van der Waals surface area contributed by atoms with Gasteiger partial charge in [0.1, 0.15) is 11.6 Å². The van der Waals surface area contributed by atoms with Crippen molar-refractivity contribution in [2.75, 3.05) is 5.73 Å². The summed E-state index contributed by atoms with van der Waals surface area (Å²) in [6.45, 7) is 0. The molecule has 0 aliphatic rings. The second-order valence-corrected chi connectivity index (χ2v) is 4.44. The molecule has 4 heteroatoms. The lowest BCUT2D eigenvalue weighted by molar-refractivity contribution is 0.969. The summed E-state index contributed by atoms with van der Waals surface area (Å²) in [5, 5.41) is 10.3. The summed E-state index contributed by atoms with van der Waals surface area (Å²) < 4.78 is 2.05.